The summed E-state index contributed by atoms with van der Waals surface area (Å²) in [7, 11) is 0. The molecule has 0 bridgehead atoms. The number of ether oxygens (including phenoxy) is 1. The minimum Gasteiger partial charge on any atom is -0.459 e. The Hall–Kier alpha value is -1.54. The number of thioether (sulfide) groups is 1. The number of aryl methyl sites for hydroxylation is 2. The minimum absolute atomic E-state index is 0.162. The molecule has 1 aliphatic rings. The molecule has 2 rings (SSSR count). The second kappa shape index (κ2) is 7.46. The van der Waals surface area contributed by atoms with Crippen LogP contribution in [0, 0.1) is 11.3 Å². The van der Waals surface area contributed by atoms with E-state index >= 15 is 0 Å². The van der Waals surface area contributed by atoms with Crippen LogP contribution < -0.4 is 0 Å². The van der Waals surface area contributed by atoms with Gasteiger partial charge in [-0.05, 0) is 51.2 Å². The lowest BCUT2D eigenvalue weighted by atomic mass is 10.1. The number of aromatic nitrogens is 1. The van der Waals surface area contributed by atoms with Crippen molar-refractivity contribution >= 4 is 17.7 Å². The molecule has 1 aromatic rings. The zero-order chi connectivity index (χ0) is 15.2. The summed E-state index contributed by atoms with van der Waals surface area (Å²) in [5.41, 5.74) is 2.74. The summed E-state index contributed by atoms with van der Waals surface area (Å²) >= 11 is 1.31. The number of fused-ring (bicyclic) bond motifs is 1. The Labute approximate surface area is 129 Å². The number of rotatable bonds is 4. The molecule has 0 aliphatic heterocycles. The molecule has 0 unspecified atom stereocenters. The van der Waals surface area contributed by atoms with Gasteiger partial charge in [-0.15, -0.1) is 0 Å². The van der Waals surface area contributed by atoms with E-state index in [0.29, 0.717) is 10.6 Å². The van der Waals surface area contributed by atoms with E-state index in [2.05, 4.69) is 11.1 Å². The number of hydrogen-bond acceptors (Lipinski definition) is 5. The van der Waals surface area contributed by atoms with Crippen LogP contribution in [0.3, 0.4) is 0 Å². The summed E-state index contributed by atoms with van der Waals surface area (Å²) in [6.45, 7) is 3.66. The third kappa shape index (κ3) is 4.21. The summed E-state index contributed by atoms with van der Waals surface area (Å²) in [5.74, 6) is -0.0571. The topological polar surface area (TPSA) is 63.0 Å². The number of carbonyl (C=O) groups is 1. The SMILES string of the molecule is CC(C)OC(=O)c1cc2c(nc1SCC#N)CCCCC2. The van der Waals surface area contributed by atoms with Crippen molar-refractivity contribution < 1.29 is 9.53 Å². The van der Waals surface area contributed by atoms with Crippen LogP contribution >= 0.6 is 11.8 Å². The third-order valence-corrected chi connectivity index (χ3v) is 4.21. The van der Waals surface area contributed by atoms with Crippen molar-refractivity contribution in [3.05, 3.63) is 22.9 Å². The van der Waals surface area contributed by atoms with Crippen LogP contribution in [-0.2, 0) is 17.6 Å². The minimum atomic E-state index is -0.343. The van der Waals surface area contributed by atoms with Gasteiger partial charge in [-0.1, -0.05) is 18.2 Å². The highest BCUT2D eigenvalue weighted by Gasteiger charge is 2.20. The maximum Gasteiger partial charge on any atom is 0.341 e. The largest absolute Gasteiger partial charge is 0.459 e. The molecule has 0 aromatic carbocycles. The van der Waals surface area contributed by atoms with Crippen LogP contribution in [-0.4, -0.2) is 22.8 Å². The number of pyridine rings is 1. The second-order valence-electron chi connectivity index (χ2n) is 5.41. The van der Waals surface area contributed by atoms with Crippen molar-refractivity contribution in [2.45, 2.75) is 57.1 Å². The zero-order valence-corrected chi connectivity index (χ0v) is 13.3. The monoisotopic (exact) mass is 304 g/mol. The lowest BCUT2D eigenvalue weighted by Gasteiger charge is -2.14. The van der Waals surface area contributed by atoms with E-state index in [1.807, 2.05) is 19.9 Å². The van der Waals surface area contributed by atoms with Gasteiger partial charge in [0.1, 0.15) is 5.03 Å². The molecule has 1 aliphatic carbocycles. The molecule has 1 heterocycles. The van der Waals surface area contributed by atoms with Crippen molar-refractivity contribution in [3.8, 4) is 6.07 Å². The van der Waals surface area contributed by atoms with Crippen LogP contribution in [0.4, 0.5) is 0 Å². The van der Waals surface area contributed by atoms with Gasteiger partial charge in [0.25, 0.3) is 0 Å². The average Bonchev–Trinajstić information content (AvgIpc) is 2.67. The molecule has 0 N–H and O–H groups in total. The predicted molar refractivity (Wildman–Crippen MR) is 82.4 cm³/mol. The Morgan fingerprint density at radius 1 is 1.43 bits per heavy atom. The Morgan fingerprint density at radius 3 is 2.90 bits per heavy atom. The fourth-order valence-corrected chi connectivity index (χ4v) is 3.10. The Balaban J connectivity index is 2.37. The Kier molecular flexibility index (Phi) is 5.63. The maximum absolute atomic E-state index is 12.3. The van der Waals surface area contributed by atoms with Crippen LogP contribution in [0.2, 0.25) is 0 Å². The third-order valence-electron chi connectivity index (χ3n) is 3.35. The number of carbonyl (C=O) groups excluding carboxylic acids is 1. The van der Waals surface area contributed by atoms with E-state index in [-0.39, 0.29) is 17.8 Å². The highest BCUT2D eigenvalue weighted by molar-refractivity contribution is 7.99. The standard InChI is InChI=1S/C16H20N2O2S/c1-11(2)20-16(19)13-10-12-6-4-3-5-7-14(12)18-15(13)21-9-8-17/h10-11H,3-7,9H2,1-2H3. The molecule has 0 spiro atoms. The number of nitriles is 1. The first-order valence-corrected chi connectivity index (χ1v) is 8.34. The summed E-state index contributed by atoms with van der Waals surface area (Å²) in [4.78, 5) is 16.9. The molecule has 5 heteroatoms. The highest BCUT2D eigenvalue weighted by atomic mass is 32.2. The van der Waals surface area contributed by atoms with E-state index in [4.69, 9.17) is 10.00 Å². The predicted octanol–water partition coefficient (Wildman–Crippen LogP) is 3.53. The van der Waals surface area contributed by atoms with Gasteiger partial charge < -0.3 is 4.74 Å². The van der Waals surface area contributed by atoms with Crippen molar-refractivity contribution in [2.75, 3.05) is 5.75 Å². The van der Waals surface area contributed by atoms with Gasteiger partial charge in [0, 0.05) is 5.69 Å². The lowest BCUT2D eigenvalue weighted by molar-refractivity contribution is 0.0372. The number of hydrogen-bond donors (Lipinski definition) is 0. The molecule has 0 radical (unpaired) electrons. The van der Waals surface area contributed by atoms with Crippen LogP contribution in [0.1, 0.15) is 54.7 Å². The van der Waals surface area contributed by atoms with Gasteiger partial charge in [-0.25, -0.2) is 9.78 Å². The molecular formula is C16H20N2O2S. The average molecular weight is 304 g/mol. The highest BCUT2D eigenvalue weighted by Crippen LogP contribution is 2.27. The summed E-state index contributed by atoms with van der Waals surface area (Å²) < 4.78 is 5.30. The van der Waals surface area contributed by atoms with Crippen molar-refractivity contribution in [1.82, 2.24) is 4.98 Å². The molecule has 4 nitrogen and oxygen atoms in total. The van der Waals surface area contributed by atoms with Crippen molar-refractivity contribution in [2.24, 2.45) is 0 Å². The lowest BCUT2D eigenvalue weighted by Crippen LogP contribution is -2.14. The number of esters is 1. The molecule has 0 fully saturated rings. The van der Waals surface area contributed by atoms with Crippen LogP contribution in [0.25, 0.3) is 0 Å². The molecule has 0 saturated heterocycles. The molecule has 21 heavy (non-hydrogen) atoms. The van der Waals surface area contributed by atoms with Crippen LogP contribution in [0.5, 0.6) is 0 Å². The zero-order valence-electron chi connectivity index (χ0n) is 12.5. The second-order valence-corrected chi connectivity index (χ2v) is 6.37. The number of nitrogens with zero attached hydrogens (tertiary/aromatic N) is 2. The smallest absolute Gasteiger partial charge is 0.341 e. The van der Waals surface area contributed by atoms with E-state index in [1.54, 1.807) is 0 Å². The van der Waals surface area contributed by atoms with Crippen LogP contribution in [0.15, 0.2) is 11.1 Å². The fourth-order valence-electron chi connectivity index (χ4n) is 2.43. The first-order chi connectivity index (χ1) is 10.1. The van der Waals surface area contributed by atoms with Crippen molar-refractivity contribution in [3.63, 3.8) is 0 Å². The maximum atomic E-state index is 12.3. The molecule has 0 amide bonds. The van der Waals surface area contributed by atoms with Gasteiger partial charge >= 0.3 is 5.97 Å². The normalized spacial score (nSPS) is 14.2. The summed E-state index contributed by atoms with van der Waals surface area (Å²) in [5, 5.41) is 9.40. The first kappa shape index (κ1) is 15.8. The molecule has 112 valence electrons. The van der Waals surface area contributed by atoms with Gasteiger partial charge in [0.15, 0.2) is 0 Å². The van der Waals surface area contributed by atoms with Gasteiger partial charge in [-0.3, -0.25) is 0 Å². The molecule has 0 saturated carbocycles. The fraction of sp³-hybridized carbons (Fsp3) is 0.562. The van der Waals surface area contributed by atoms with E-state index in [0.717, 1.165) is 36.9 Å². The van der Waals surface area contributed by atoms with Crippen molar-refractivity contribution in [1.29, 1.82) is 5.26 Å². The first-order valence-electron chi connectivity index (χ1n) is 7.35. The molecule has 0 atom stereocenters. The Bertz CT molecular complexity index is 564. The van der Waals surface area contributed by atoms with Gasteiger partial charge in [0.2, 0.25) is 0 Å². The molecular weight excluding hydrogens is 284 g/mol. The van der Waals surface area contributed by atoms with Gasteiger partial charge in [0.05, 0.1) is 23.5 Å². The van der Waals surface area contributed by atoms with E-state index in [1.165, 1.54) is 18.2 Å². The quantitative estimate of drug-likeness (QED) is 0.484. The summed E-state index contributed by atoms with van der Waals surface area (Å²) in [6, 6.07) is 4.02. The molecule has 1 aromatic heterocycles. The van der Waals surface area contributed by atoms with Gasteiger partial charge in [-0.2, -0.15) is 5.26 Å². The summed E-state index contributed by atoms with van der Waals surface area (Å²) in [6.07, 6.45) is 5.23. The van der Waals surface area contributed by atoms with E-state index in [9.17, 15) is 4.79 Å². The van der Waals surface area contributed by atoms with E-state index < -0.39 is 0 Å². The Morgan fingerprint density at radius 2 is 2.19 bits per heavy atom.